The highest BCUT2D eigenvalue weighted by Crippen LogP contribution is 2.18. The fourth-order valence-corrected chi connectivity index (χ4v) is 2.85. The molecule has 5 nitrogen and oxygen atoms in total. The van der Waals surface area contributed by atoms with Crippen molar-refractivity contribution in [3.8, 4) is 5.75 Å². The molecule has 0 N–H and O–H groups in total. The Morgan fingerprint density at radius 2 is 1.96 bits per heavy atom. The van der Waals surface area contributed by atoms with E-state index in [1.165, 1.54) is 0 Å². The van der Waals surface area contributed by atoms with Crippen molar-refractivity contribution in [2.24, 2.45) is 0 Å². The first kappa shape index (κ1) is 19.0. The highest BCUT2D eigenvalue weighted by atomic mass is 35.5. The molecule has 2 aromatic carbocycles. The summed E-state index contributed by atoms with van der Waals surface area (Å²) in [6.45, 7) is 3.74. The Morgan fingerprint density at radius 3 is 2.63 bits per heavy atom. The van der Waals surface area contributed by atoms with Crippen molar-refractivity contribution in [2.75, 3.05) is 7.05 Å². The van der Waals surface area contributed by atoms with Gasteiger partial charge in [0.1, 0.15) is 12.4 Å². The van der Waals surface area contributed by atoms with Crippen LogP contribution in [0.4, 0.5) is 0 Å². The average molecular weight is 384 g/mol. The Hall–Kier alpha value is -2.79. The van der Waals surface area contributed by atoms with Crippen molar-refractivity contribution in [1.82, 2.24) is 14.7 Å². The molecule has 0 atom stereocenters. The van der Waals surface area contributed by atoms with Gasteiger partial charge >= 0.3 is 0 Å². The molecule has 0 saturated heterocycles. The van der Waals surface area contributed by atoms with E-state index in [9.17, 15) is 4.79 Å². The van der Waals surface area contributed by atoms with Crippen LogP contribution in [0.3, 0.4) is 0 Å². The molecule has 0 bridgehead atoms. The van der Waals surface area contributed by atoms with E-state index in [4.69, 9.17) is 16.3 Å². The second-order valence-corrected chi connectivity index (χ2v) is 6.70. The van der Waals surface area contributed by atoms with Crippen LogP contribution in [0.5, 0.6) is 5.75 Å². The van der Waals surface area contributed by atoms with Crippen LogP contribution in [0.25, 0.3) is 0 Å². The lowest BCUT2D eigenvalue weighted by molar-refractivity contribution is 0.0783. The lowest BCUT2D eigenvalue weighted by atomic mass is 10.1. The molecule has 0 aliphatic rings. The summed E-state index contributed by atoms with van der Waals surface area (Å²) in [6.07, 6.45) is 1.92. The van der Waals surface area contributed by atoms with Crippen LogP contribution in [0.15, 0.2) is 60.8 Å². The molecule has 0 aliphatic heterocycles. The van der Waals surface area contributed by atoms with Gasteiger partial charge in [0, 0.05) is 30.4 Å². The molecular formula is C21H22ClN3O2. The van der Waals surface area contributed by atoms with Gasteiger partial charge in [0.25, 0.3) is 5.91 Å². The van der Waals surface area contributed by atoms with Crippen LogP contribution in [-0.4, -0.2) is 27.6 Å². The Bertz CT molecular complexity index is 906. The van der Waals surface area contributed by atoms with Crippen LogP contribution < -0.4 is 4.74 Å². The molecule has 1 heterocycles. The second kappa shape index (κ2) is 8.73. The number of carbonyl (C=O) groups excluding carboxylic acids is 1. The monoisotopic (exact) mass is 383 g/mol. The fraction of sp³-hybridized carbons (Fsp3) is 0.238. The Kier molecular flexibility index (Phi) is 6.14. The maximum Gasteiger partial charge on any atom is 0.253 e. The molecular weight excluding hydrogens is 362 g/mol. The number of carbonyl (C=O) groups is 1. The summed E-state index contributed by atoms with van der Waals surface area (Å²) in [4.78, 5) is 14.3. The Morgan fingerprint density at radius 1 is 1.19 bits per heavy atom. The van der Waals surface area contributed by atoms with E-state index in [-0.39, 0.29) is 5.91 Å². The molecule has 0 aliphatic carbocycles. The van der Waals surface area contributed by atoms with Crippen molar-refractivity contribution in [3.63, 3.8) is 0 Å². The molecule has 27 heavy (non-hydrogen) atoms. The maximum absolute atomic E-state index is 12.6. The minimum absolute atomic E-state index is 0.0386. The number of nitrogens with zero attached hydrogens (tertiary/aromatic N) is 3. The van der Waals surface area contributed by atoms with Crippen molar-refractivity contribution in [2.45, 2.75) is 26.6 Å². The zero-order valence-corrected chi connectivity index (χ0v) is 16.2. The number of ether oxygens (including phenoxy) is 1. The molecule has 140 valence electrons. The molecule has 3 rings (SSSR count). The van der Waals surface area contributed by atoms with E-state index in [1.54, 1.807) is 24.1 Å². The lowest BCUT2D eigenvalue weighted by Gasteiger charge is -2.16. The van der Waals surface area contributed by atoms with E-state index in [2.05, 4.69) is 5.10 Å². The third kappa shape index (κ3) is 5.11. The molecule has 6 heteroatoms. The van der Waals surface area contributed by atoms with E-state index in [1.807, 2.05) is 60.3 Å². The molecule has 3 aromatic rings. The topological polar surface area (TPSA) is 47.4 Å². The number of hydrogen-bond donors (Lipinski definition) is 0. The maximum atomic E-state index is 12.6. The molecule has 1 amide bonds. The van der Waals surface area contributed by atoms with Crippen LogP contribution in [-0.2, 0) is 19.7 Å². The van der Waals surface area contributed by atoms with E-state index < -0.39 is 0 Å². The first-order chi connectivity index (χ1) is 13.0. The van der Waals surface area contributed by atoms with Crippen LogP contribution in [0.2, 0.25) is 5.02 Å². The van der Waals surface area contributed by atoms with Crippen molar-refractivity contribution < 1.29 is 9.53 Å². The molecule has 0 unspecified atom stereocenters. The van der Waals surface area contributed by atoms with Gasteiger partial charge in [-0.2, -0.15) is 5.10 Å². The van der Waals surface area contributed by atoms with Crippen LogP contribution in [0, 0.1) is 0 Å². The second-order valence-electron chi connectivity index (χ2n) is 6.27. The lowest BCUT2D eigenvalue weighted by Crippen LogP contribution is -2.26. The zero-order valence-electron chi connectivity index (χ0n) is 15.4. The van der Waals surface area contributed by atoms with Gasteiger partial charge in [-0.15, -0.1) is 0 Å². The third-order valence-corrected chi connectivity index (χ3v) is 4.40. The number of hydrogen-bond acceptors (Lipinski definition) is 3. The van der Waals surface area contributed by atoms with E-state index in [0.717, 1.165) is 17.8 Å². The van der Waals surface area contributed by atoms with Crippen molar-refractivity contribution in [1.29, 1.82) is 0 Å². The SMILES string of the molecule is CCn1ccc(CN(C)C(=O)c2ccc(COc3cccc(Cl)c3)cc2)n1. The Balaban J connectivity index is 1.57. The quantitative estimate of drug-likeness (QED) is 0.607. The summed E-state index contributed by atoms with van der Waals surface area (Å²) >= 11 is 5.95. The number of aryl methyl sites for hydroxylation is 1. The number of amides is 1. The number of aromatic nitrogens is 2. The van der Waals surface area contributed by atoms with Gasteiger partial charge in [-0.3, -0.25) is 9.48 Å². The number of benzene rings is 2. The molecule has 0 spiro atoms. The van der Waals surface area contributed by atoms with Gasteiger partial charge in [-0.05, 0) is 48.9 Å². The Labute approximate surface area is 164 Å². The molecule has 0 saturated carbocycles. The van der Waals surface area contributed by atoms with Gasteiger partial charge in [0.15, 0.2) is 0 Å². The van der Waals surface area contributed by atoms with Gasteiger partial charge in [-0.1, -0.05) is 29.8 Å². The van der Waals surface area contributed by atoms with Gasteiger partial charge in [-0.25, -0.2) is 0 Å². The smallest absolute Gasteiger partial charge is 0.253 e. The highest BCUT2D eigenvalue weighted by Gasteiger charge is 2.13. The first-order valence-corrected chi connectivity index (χ1v) is 9.18. The molecule has 1 aromatic heterocycles. The predicted molar refractivity (Wildman–Crippen MR) is 106 cm³/mol. The minimum atomic E-state index is -0.0386. The van der Waals surface area contributed by atoms with E-state index in [0.29, 0.717) is 29.5 Å². The van der Waals surface area contributed by atoms with Crippen molar-refractivity contribution in [3.05, 3.63) is 82.6 Å². The third-order valence-electron chi connectivity index (χ3n) is 4.17. The summed E-state index contributed by atoms with van der Waals surface area (Å²) in [5.41, 5.74) is 2.49. The van der Waals surface area contributed by atoms with Gasteiger partial charge in [0.2, 0.25) is 0 Å². The summed E-state index contributed by atoms with van der Waals surface area (Å²) in [6, 6.07) is 16.7. The fourth-order valence-electron chi connectivity index (χ4n) is 2.67. The largest absolute Gasteiger partial charge is 0.489 e. The first-order valence-electron chi connectivity index (χ1n) is 8.80. The summed E-state index contributed by atoms with van der Waals surface area (Å²) in [7, 11) is 1.78. The summed E-state index contributed by atoms with van der Waals surface area (Å²) in [5.74, 6) is 0.678. The van der Waals surface area contributed by atoms with Crippen LogP contribution in [0.1, 0.15) is 28.5 Å². The summed E-state index contributed by atoms with van der Waals surface area (Å²) < 4.78 is 7.57. The van der Waals surface area contributed by atoms with Crippen LogP contribution >= 0.6 is 11.6 Å². The molecule has 0 radical (unpaired) electrons. The standard InChI is InChI=1S/C21H22ClN3O2/c1-3-25-12-11-19(23-25)14-24(2)21(26)17-9-7-16(8-10-17)15-27-20-6-4-5-18(22)13-20/h4-13H,3,14-15H2,1-2H3. The van der Waals surface area contributed by atoms with Gasteiger partial charge in [0.05, 0.1) is 12.2 Å². The molecule has 0 fully saturated rings. The highest BCUT2D eigenvalue weighted by molar-refractivity contribution is 6.30. The van der Waals surface area contributed by atoms with Crippen molar-refractivity contribution >= 4 is 17.5 Å². The van der Waals surface area contributed by atoms with Gasteiger partial charge < -0.3 is 9.64 Å². The number of halogens is 1. The predicted octanol–water partition coefficient (Wildman–Crippen LogP) is 4.41. The minimum Gasteiger partial charge on any atom is -0.489 e. The van der Waals surface area contributed by atoms with E-state index >= 15 is 0 Å². The summed E-state index contributed by atoms with van der Waals surface area (Å²) in [5, 5.41) is 5.05. The normalized spacial score (nSPS) is 10.6. The average Bonchev–Trinajstić information content (AvgIpc) is 3.14. The zero-order chi connectivity index (χ0) is 19.2. The number of rotatable bonds is 7.